The van der Waals surface area contributed by atoms with Crippen LogP contribution >= 0.6 is 47.2 Å². The molecule has 3 aromatic rings. The summed E-state index contributed by atoms with van der Waals surface area (Å²) in [5.74, 6) is -0.155. The zero-order chi connectivity index (χ0) is 18.3. The number of thiocarbonyl (C=S) groups is 1. The van der Waals surface area contributed by atoms with E-state index in [4.69, 9.17) is 35.4 Å². The summed E-state index contributed by atoms with van der Waals surface area (Å²) in [6, 6.07) is 13.6. The molecule has 2 heterocycles. The molecule has 0 aliphatic carbocycles. The molecule has 0 spiro atoms. The van der Waals surface area contributed by atoms with Gasteiger partial charge in [0.05, 0.1) is 4.91 Å². The monoisotopic (exact) mass is 418 g/mol. The maximum Gasteiger partial charge on any atom is 0.263 e. The number of carbonyl (C=O) groups is 1. The summed E-state index contributed by atoms with van der Waals surface area (Å²) in [4.78, 5) is 12.6. The molecule has 4 rings (SSSR count). The smallest absolute Gasteiger partial charge is 0.263 e. The summed E-state index contributed by atoms with van der Waals surface area (Å²) in [5, 5.41) is 4.95. The minimum absolute atomic E-state index is 0.155. The number of aromatic nitrogens is 1. The van der Waals surface area contributed by atoms with Gasteiger partial charge in [0.1, 0.15) is 4.32 Å². The highest BCUT2D eigenvalue weighted by Crippen LogP contribution is 2.31. The molecule has 1 fully saturated rings. The molecule has 0 bridgehead atoms. The van der Waals surface area contributed by atoms with Gasteiger partial charge in [0, 0.05) is 39.3 Å². The SMILES string of the molecule is O=C1NC(=S)S/C1=C/c1cn(Cc2ccc(Cl)cc2Cl)c2ccccc12. The number of nitrogens with one attached hydrogen (secondary N) is 1. The van der Waals surface area contributed by atoms with E-state index in [1.807, 2.05) is 48.7 Å². The first-order valence-electron chi connectivity index (χ1n) is 7.78. The lowest BCUT2D eigenvalue weighted by Gasteiger charge is -2.08. The van der Waals surface area contributed by atoms with Crippen LogP contribution in [0, 0.1) is 0 Å². The van der Waals surface area contributed by atoms with Crippen LogP contribution in [0.3, 0.4) is 0 Å². The van der Waals surface area contributed by atoms with Crippen LogP contribution in [0.4, 0.5) is 0 Å². The number of halogens is 2. The Bertz CT molecular complexity index is 1090. The average molecular weight is 419 g/mol. The van der Waals surface area contributed by atoms with Gasteiger partial charge in [-0.1, -0.05) is 71.4 Å². The van der Waals surface area contributed by atoms with Gasteiger partial charge in [0.25, 0.3) is 5.91 Å². The number of nitrogens with zero attached hydrogens (tertiary/aromatic N) is 1. The van der Waals surface area contributed by atoms with E-state index >= 15 is 0 Å². The minimum atomic E-state index is -0.155. The van der Waals surface area contributed by atoms with Gasteiger partial charge in [0.2, 0.25) is 0 Å². The molecule has 1 amide bonds. The second kappa shape index (κ2) is 7.08. The number of fused-ring (bicyclic) bond motifs is 1. The first-order valence-corrected chi connectivity index (χ1v) is 9.76. The van der Waals surface area contributed by atoms with Crippen molar-refractivity contribution in [3.8, 4) is 0 Å². The Morgan fingerprint density at radius 2 is 2.00 bits per heavy atom. The van der Waals surface area contributed by atoms with Crippen molar-refractivity contribution in [2.45, 2.75) is 6.54 Å². The van der Waals surface area contributed by atoms with Crippen LogP contribution in [0.2, 0.25) is 10.0 Å². The van der Waals surface area contributed by atoms with Crippen molar-refractivity contribution >= 4 is 74.4 Å². The molecule has 1 N–H and O–H groups in total. The fraction of sp³-hybridized carbons (Fsp3) is 0.0526. The van der Waals surface area contributed by atoms with Crippen molar-refractivity contribution in [2.75, 3.05) is 0 Å². The average Bonchev–Trinajstić information content (AvgIpc) is 3.11. The van der Waals surface area contributed by atoms with Crippen molar-refractivity contribution in [3.63, 3.8) is 0 Å². The van der Waals surface area contributed by atoms with E-state index in [0.29, 0.717) is 25.8 Å². The van der Waals surface area contributed by atoms with Crippen molar-refractivity contribution in [1.29, 1.82) is 0 Å². The Labute approximate surface area is 170 Å². The molecule has 7 heteroatoms. The number of benzene rings is 2. The maximum absolute atomic E-state index is 12.0. The van der Waals surface area contributed by atoms with Crippen LogP contribution in [-0.2, 0) is 11.3 Å². The second-order valence-electron chi connectivity index (χ2n) is 5.82. The predicted molar refractivity (Wildman–Crippen MR) is 114 cm³/mol. The molecule has 2 aromatic carbocycles. The highest BCUT2D eigenvalue weighted by molar-refractivity contribution is 8.26. The Balaban J connectivity index is 1.78. The molecule has 1 aromatic heterocycles. The van der Waals surface area contributed by atoms with Crippen LogP contribution in [0.15, 0.2) is 53.6 Å². The topological polar surface area (TPSA) is 34.0 Å². The molecular formula is C19H12Cl2N2OS2. The number of para-hydroxylation sites is 1. The first-order chi connectivity index (χ1) is 12.5. The summed E-state index contributed by atoms with van der Waals surface area (Å²) < 4.78 is 2.60. The molecule has 130 valence electrons. The Morgan fingerprint density at radius 3 is 2.73 bits per heavy atom. The number of thioether (sulfide) groups is 1. The zero-order valence-electron chi connectivity index (χ0n) is 13.3. The molecule has 3 nitrogen and oxygen atoms in total. The van der Waals surface area contributed by atoms with Gasteiger partial charge in [-0.2, -0.15) is 0 Å². The van der Waals surface area contributed by atoms with Gasteiger partial charge >= 0.3 is 0 Å². The van der Waals surface area contributed by atoms with Crippen LogP contribution in [0.5, 0.6) is 0 Å². The molecule has 1 aliphatic rings. The van der Waals surface area contributed by atoms with Gasteiger partial charge < -0.3 is 9.88 Å². The fourth-order valence-corrected chi connectivity index (χ4v) is 4.42. The largest absolute Gasteiger partial charge is 0.342 e. The van der Waals surface area contributed by atoms with Crippen LogP contribution in [-0.4, -0.2) is 14.8 Å². The third-order valence-corrected chi connectivity index (χ3v) is 5.85. The van der Waals surface area contributed by atoms with Crippen molar-refractivity contribution in [1.82, 2.24) is 9.88 Å². The van der Waals surface area contributed by atoms with Gasteiger partial charge in [-0.15, -0.1) is 0 Å². The van der Waals surface area contributed by atoms with Gasteiger partial charge in [-0.25, -0.2) is 0 Å². The third kappa shape index (κ3) is 3.40. The van der Waals surface area contributed by atoms with Crippen molar-refractivity contribution in [2.24, 2.45) is 0 Å². The molecule has 1 saturated heterocycles. The lowest BCUT2D eigenvalue weighted by Crippen LogP contribution is -2.17. The van der Waals surface area contributed by atoms with E-state index in [2.05, 4.69) is 9.88 Å². The number of hydrogen-bond donors (Lipinski definition) is 1. The van der Waals surface area contributed by atoms with Gasteiger partial charge in [0.15, 0.2) is 0 Å². The van der Waals surface area contributed by atoms with Crippen LogP contribution < -0.4 is 5.32 Å². The summed E-state index contributed by atoms with van der Waals surface area (Å²) in [7, 11) is 0. The summed E-state index contributed by atoms with van der Waals surface area (Å²) >= 11 is 18.7. The lowest BCUT2D eigenvalue weighted by molar-refractivity contribution is -0.115. The number of rotatable bonds is 3. The van der Waals surface area contributed by atoms with Crippen LogP contribution in [0.25, 0.3) is 17.0 Å². The predicted octanol–water partition coefficient (Wildman–Crippen LogP) is 5.49. The van der Waals surface area contributed by atoms with Crippen molar-refractivity contribution in [3.05, 3.63) is 74.7 Å². The standard InChI is InChI=1S/C19H12Cl2N2OS2/c20-13-6-5-11(15(21)8-13)9-23-10-12(14-3-1-2-4-16(14)23)7-17-18(24)22-19(25)26-17/h1-8,10H,9H2,(H,22,24,25)/b17-7+. The van der Waals surface area contributed by atoms with Crippen molar-refractivity contribution < 1.29 is 4.79 Å². The van der Waals surface area contributed by atoms with E-state index in [9.17, 15) is 4.79 Å². The quantitative estimate of drug-likeness (QED) is 0.451. The number of amides is 1. The maximum atomic E-state index is 12.0. The van der Waals surface area contributed by atoms with E-state index in [1.54, 1.807) is 6.07 Å². The minimum Gasteiger partial charge on any atom is -0.342 e. The Morgan fingerprint density at radius 1 is 1.19 bits per heavy atom. The Hall–Kier alpha value is -1.79. The summed E-state index contributed by atoms with van der Waals surface area (Å²) in [6.45, 7) is 0.609. The molecule has 1 aliphatic heterocycles. The fourth-order valence-electron chi connectivity index (χ4n) is 2.92. The number of hydrogen-bond acceptors (Lipinski definition) is 3. The molecule has 0 saturated carbocycles. The summed E-state index contributed by atoms with van der Waals surface area (Å²) in [6.07, 6.45) is 3.90. The van der Waals surface area contributed by atoms with E-state index in [-0.39, 0.29) is 5.91 Å². The molecular weight excluding hydrogens is 407 g/mol. The first kappa shape index (κ1) is 17.6. The molecule has 0 atom stereocenters. The lowest BCUT2D eigenvalue weighted by atomic mass is 10.1. The van der Waals surface area contributed by atoms with Gasteiger partial charge in [-0.3, -0.25) is 4.79 Å². The van der Waals surface area contributed by atoms with Crippen LogP contribution in [0.1, 0.15) is 11.1 Å². The molecule has 0 radical (unpaired) electrons. The van der Waals surface area contributed by atoms with Gasteiger partial charge in [-0.05, 0) is 29.8 Å². The second-order valence-corrected chi connectivity index (χ2v) is 8.38. The zero-order valence-corrected chi connectivity index (χ0v) is 16.5. The van der Waals surface area contributed by atoms with E-state index in [0.717, 1.165) is 22.0 Å². The molecule has 26 heavy (non-hydrogen) atoms. The highest BCUT2D eigenvalue weighted by Gasteiger charge is 2.22. The summed E-state index contributed by atoms with van der Waals surface area (Å²) in [5.41, 5.74) is 3.01. The molecule has 0 unspecified atom stereocenters. The Kier molecular flexibility index (Phi) is 4.80. The third-order valence-electron chi connectivity index (χ3n) is 4.10. The van der Waals surface area contributed by atoms with E-state index < -0.39 is 0 Å². The highest BCUT2D eigenvalue weighted by atomic mass is 35.5. The van der Waals surface area contributed by atoms with E-state index in [1.165, 1.54) is 11.8 Å². The normalized spacial score (nSPS) is 15.8. The number of carbonyl (C=O) groups excluding carboxylic acids is 1.